The number of nitrogens with one attached hydrogen (secondary N) is 1. The Labute approximate surface area is 178 Å². The Morgan fingerprint density at radius 2 is 1.57 bits per heavy atom. The first-order valence-electron chi connectivity index (χ1n) is 8.71. The van der Waals surface area contributed by atoms with E-state index in [4.69, 9.17) is 30.5 Å². The van der Waals surface area contributed by atoms with Gasteiger partial charge < -0.3 is 24.3 Å². The van der Waals surface area contributed by atoms with Crippen molar-refractivity contribution in [2.75, 3.05) is 33.8 Å². The van der Waals surface area contributed by atoms with Crippen LogP contribution in [0.4, 0.5) is 11.4 Å². The van der Waals surface area contributed by atoms with Crippen LogP contribution in [0, 0.1) is 0 Å². The van der Waals surface area contributed by atoms with Crippen LogP contribution in [0.3, 0.4) is 0 Å². The monoisotopic (exact) mass is 435 g/mol. The highest BCUT2D eigenvalue weighted by Crippen LogP contribution is 2.40. The molecule has 0 bridgehead atoms. The Hall–Kier alpha value is -3.33. The maximum absolute atomic E-state index is 12.8. The fraction of sp³-hybridized carbons (Fsp3) is 0.300. The van der Waals surface area contributed by atoms with Crippen molar-refractivity contribution in [2.45, 2.75) is 13.0 Å². The van der Waals surface area contributed by atoms with Gasteiger partial charge in [0.15, 0.2) is 17.3 Å². The molecule has 1 unspecified atom stereocenters. The smallest absolute Gasteiger partial charge is 0.258 e. The van der Waals surface area contributed by atoms with Crippen LogP contribution in [0.2, 0.25) is 5.02 Å². The number of methoxy groups -OCH3 is 4. The third-order valence-electron chi connectivity index (χ3n) is 4.05. The highest BCUT2D eigenvalue weighted by atomic mass is 35.5. The molecule has 0 saturated carbocycles. The van der Waals surface area contributed by atoms with E-state index in [2.05, 4.69) is 15.5 Å². The molecule has 1 N–H and O–H groups in total. The minimum Gasteiger partial charge on any atom is -0.495 e. The number of para-hydroxylation sites is 1. The number of Topliss-reactive ketones (excluding diaryl/α,β-unsaturated/α-hetero) is 1. The zero-order valence-electron chi connectivity index (χ0n) is 17.2. The topological polar surface area (TPSA) is 108 Å². The van der Waals surface area contributed by atoms with Gasteiger partial charge in [-0.15, -0.1) is 0 Å². The number of carbonyl (C=O) groups excluding carboxylic acids is 2. The maximum atomic E-state index is 12.8. The third kappa shape index (κ3) is 4.98. The molecule has 1 amide bonds. The number of halogens is 1. The lowest BCUT2D eigenvalue weighted by molar-refractivity contribution is -0.126. The van der Waals surface area contributed by atoms with Crippen LogP contribution in [0.1, 0.15) is 6.92 Å². The van der Waals surface area contributed by atoms with Gasteiger partial charge in [-0.05, 0) is 31.2 Å². The van der Waals surface area contributed by atoms with Gasteiger partial charge in [0.2, 0.25) is 6.04 Å². The molecule has 0 spiro atoms. The van der Waals surface area contributed by atoms with Crippen LogP contribution in [-0.2, 0) is 9.59 Å². The van der Waals surface area contributed by atoms with Crippen molar-refractivity contribution >= 4 is 34.7 Å². The molecule has 0 aliphatic carbocycles. The van der Waals surface area contributed by atoms with E-state index < -0.39 is 17.7 Å². The molecular weight excluding hydrogens is 414 g/mol. The van der Waals surface area contributed by atoms with Gasteiger partial charge in [-0.3, -0.25) is 9.59 Å². The molecule has 0 aliphatic rings. The van der Waals surface area contributed by atoms with E-state index in [0.29, 0.717) is 28.7 Å². The molecule has 2 aromatic carbocycles. The van der Waals surface area contributed by atoms with Crippen molar-refractivity contribution in [3.05, 3.63) is 35.4 Å². The molecule has 0 aliphatic heterocycles. The van der Waals surface area contributed by atoms with Crippen molar-refractivity contribution in [1.82, 2.24) is 0 Å². The van der Waals surface area contributed by atoms with E-state index in [-0.39, 0.29) is 10.7 Å². The summed E-state index contributed by atoms with van der Waals surface area (Å²) in [5.41, 5.74) is 0.455. The number of hydrogen-bond donors (Lipinski definition) is 1. The quantitative estimate of drug-likeness (QED) is 0.470. The van der Waals surface area contributed by atoms with Crippen LogP contribution >= 0.6 is 11.6 Å². The summed E-state index contributed by atoms with van der Waals surface area (Å²) in [5.74, 6) is 0.130. The second-order valence-electron chi connectivity index (χ2n) is 5.89. The molecule has 9 nitrogen and oxygen atoms in total. The van der Waals surface area contributed by atoms with Crippen LogP contribution in [0.25, 0.3) is 0 Å². The summed E-state index contributed by atoms with van der Waals surface area (Å²) in [5, 5.41) is 10.6. The van der Waals surface area contributed by atoms with Crippen molar-refractivity contribution < 1.29 is 28.5 Å². The van der Waals surface area contributed by atoms with Gasteiger partial charge in [0, 0.05) is 0 Å². The van der Waals surface area contributed by atoms with Crippen molar-refractivity contribution in [1.29, 1.82) is 0 Å². The van der Waals surface area contributed by atoms with Crippen molar-refractivity contribution in [3.63, 3.8) is 0 Å². The average Bonchev–Trinajstić information content (AvgIpc) is 2.74. The molecule has 1 atom stereocenters. The molecule has 0 aromatic heterocycles. The molecular formula is C20H22ClN3O6. The molecule has 10 heteroatoms. The molecule has 2 aromatic rings. The molecule has 30 heavy (non-hydrogen) atoms. The molecule has 0 radical (unpaired) electrons. The number of ether oxygens (including phenoxy) is 4. The number of amides is 1. The first-order valence-corrected chi connectivity index (χ1v) is 9.09. The second-order valence-corrected chi connectivity index (χ2v) is 6.27. The van der Waals surface area contributed by atoms with Gasteiger partial charge in [0.25, 0.3) is 5.91 Å². The largest absolute Gasteiger partial charge is 0.495 e. The maximum Gasteiger partial charge on any atom is 0.258 e. The first-order chi connectivity index (χ1) is 14.4. The third-order valence-corrected chi connectivity index (χ3v) is 4.43. The minimum absolute atomic E-state index is 0.124. The highest BCUT2D eigenvalue weighted by molar-refractivity contribution is 6.35. The fourth-order valence-corrected chi connectivity index (χ4v) is 2.84. The Morgan fingerprint density at radius 3 is 2.13 bits per heavy atom. The van der Waals surface area contributed by atoms with Crippen molar-refractivity contribution in [3.8, 4) is 23.0 Å². The zero-order chi connectivity index (χ0) is 22.3. The van der Waals surface area contributed by atoms with Gasteiger partial charge in [0.1, 0.15) is 27.9 Å². The average molecular weight is 436 g/mol. The van der Waals surface area contributed by atoms with Gasteiger partial charge in [-0.1, -0.05) is 17.7 Å². The predicted octanol–water partition coefficient (Wildman–Crippen LogP) is 4.05. The molecule has 2 rings (SSSR count). The van der Waals surface area contributed by atoms with E-state index in [1.807, 2.05) is 0 Å². The van der Waals surface area contributed by atoms with Gasteiger partial charge in [-0.2, -0.15) is 10.2 Å². The van der Waals surface area contributed by atoms with E-state index in [1.54, 1.807) is 30.3 Å². The number of anilines is 1. The lowest BCUT2D eigenvalue weighted by Crippen LogP contribution is -2.32. The fourth-order valence-electron chi connectivity index (χ4n) is 2.56. The number of benzene rings is 2. The summed E-state index contributed by atoms with van der Waals surface area (Å²) < 4.78 is 20.9. The number of rotatable bonds is 9. The summed E-state index contributed by atoms with van der Waals surface area (Å²) in [6.07, 6.45) is 0. The first kappa shape index (κ1) is 23.0. The standard InChI is InChI=1S/C20H22ClN3O6/c1-11(25)17(24-23-12-7-6-8-15(29-4)19(12)30-5)20(26)22-18-14(28-3)10-9-13(27-2)16(18)21/h6-10,17H,1-5H3,(H,22,26). The highest BCUT2D eigenvalue weighted by Gasteiger charge is 2.26. The molecule has 160 valence electrons. The Balaban J connectivity index is 2.36. The van der Waals surface area contributed by atoms with Crippen LogP contribution in [0.5, 0.6) is 23.0 Å². The van der Waals surface area contributed by atoms with E-state index in [1.165, 1.54) is 35.4 Å². The van der Waals surface area contributed by atoms with Gasteiger partial charge in [-0.25, -0.2) is 0 Å². The van der Waals surface area contributed by atoms with E-state index in [0.717, 1.165) is 0 Å². The van der Waals surface area contributed by atoms with Gasteiger partial charge >= 0.3 is 0 Å². The molecule has 0 saturated heterocycles. The second kappa shape index (κ2) is 10.4. The number of carbonyl (C=O) groups is 2. The van der Waals surface area contributed by atoms with Gasteiger partial charge in [0.05, 0.1) is 28.4 Å². The van der Waals surface area contributed by atoms with E-state index in [9.17, 15) is 9.59 Å². The Bertz CT molecular complexity index is 964. The summed E-state index contributed by atoms with van der Waals surface area (Å²) in [6, 6.07) is 6.72. The minimum atomic E-state index is -1.42. The van der Waals surface area contributed by atoms with Crippen LogP contribution in [0.15, 0.2) is 40.6 Å². The van der Waals surface area contributed by atoms with Crippen LogP contribution < -0.4 is 24.3 Å². The van der Waals surface area contributed by atoms with Crippen LogP contribution in [-0.4, -0.2) is 46.2 Å². The van der Waals surface area contributed by atoms with E-state index >= 15 is 0 Å². The Morgan fingerprint density at radius 1 is 0.933 bits per heavy atom. The number of ketones is 1. The Kier molecular flexibility index (Phi) is 7.99. The molecule has 0 fully saturated rings. The normalized spacial score (nSPS) is 11.7. The van der Waals surface area contributed by atoms with Crippen molar-refractivity contribution in [2.24, 2.45) is 10.2 Å². The zero-order valence-corrected chi connectivity index (χ0v) is 17.9. The predicted molar refractivity (Wildman–Crippen MR) is 112 cm³/mol. The summed E-state index contributed by atoms with van der Waals surface area (Å²) in [6.45, 7) is 1.23. The number of nitrogens with zero attached hydrogens (tertiary/aromatic N) is 2. The SMILES string of the molecule is COc1ccc(OC)c(NC(=O)C(N=Nc2cccc(OC)c2OC)C(C)=O)c1Cl. The lowest BCUT2D eigenvalue weighted by Gasteiger charge is -2.16. The summed E-state index contributed by atoms with van der Waals surface area (Å²) in [4.78, 5) is 24.9. The summed E-state index contributed by atoms with van der Waals surface area (Å²) in [7, 11) is 5.79. The lowest BCUT2D eigenvalue weighted by atomic mass is 10.2. The summed E-state index contributed by atoms with van der Waals surface area (Å²) >= 11 is 6.28. The molecule has 0 heterocycles. The number of azo groups is 1. The number of hydrogen-bond acceptors (Lipinski definition) is 8.